The monoisotopic (exact) mass is 383 g/mol. The number of nitrogens with zero attached hydrogens (tertiary/aromatic N) is 1. The summed E-state index contributed by atoms with van der Waals surface area (Å²) >= 11 is 0. The second kappa shape index (κ2) is 9.27. The van der Waals surface area contributed by atoms with Crippen LogP contribution in [0.4, 0.5) is 0 Å². The second-order valence-corrected chi connectivity index (χ2v) is 8.10. The lowest BCUT2D eigenvalue weighted by Gasteiger charge is -2.23. The minimum Gasteiger partial charge on any atom is -0.493 e. The summed E-state index contributed by atoms with van der Waals surface area (Å²) in [5, 5.41) is 19.2. The lowest BCUT2D eigenvalue weighted by atomic mass is 10.1. The molecule has 0 amide bonds. The van der Waals surface area contributed by atoms with Gasteiger partial charge in [-0.25, -0.2) is 8.42 Å². The van der Waals surface area contributed by atoms with Crippen molar-refractivity contribution in [1.82, 2.24) is 4.31 Å². The van der Waals surface area contributed by atoms with Gasteiger partial charge >= 0.3 is 0 Å². The standard InChI is InChI=1S/C18H25NO6S/c1-14-12-18(25-10-6-17(22)13-20)3-2-15(14)7-11-26(23,24)19-8-4-16(21)5-9-19/h2-3,7,11-12,17,20,22H,4-6,8-10,13H2,1H3/b11-7+. The number of aryl methyl sites for hydroxylation is 1. The third kappa shape index (κ3) is 5.91. The molecule has 0 aromatic heterocycles. The van der Waals surface area contributed by atoms with Crippen LogP contribution in [0, 0.1) is 6.92 Å². The highest BCUT2D eigenvalue weighted by Gasteiger charge is 2.24. The molecule has 1 aliphatic heterocycles. The van der Waals surface area contributed by atoms with Crippen molar-refractivity contribution < 1.29 is 28.2 Å². The van der Waals surface area contributed by atoms with Crippen LogP contribution < -0.4 is 4.74 Å². The maximum Gasteiger partial charge on any atom is 0.236 e. The summed E-state index contributed by atoms with van der Waals surface area (Å²) in [4.78, 5) is 11.2. The van der Waals surface area contributed by atoms with Crippen molar-refractivity contribution in [3.63, 3.8) is 0 Å². The molecular weight excluding hydrogens is 358 g/mol. The van der Waals surface area contributed by atoms with E-state index in [1.54, 1.807) is 24.3 Å². The van der Waals surface area contributed by atoms with E-state index < -0.39 is 16.1 Å². The van der Waals surface area contributed by atoms with Crippen LogP contribution >= 0.6 is 0 Å². The Balaban J connectivity index is 1.98. The maximum absolute atomic E-state index is 12.3. The van der Waals surface area contributed by atoms with Gasteiger partial charge in [-0.15, -0.1) is 0 Å². The van der Waals surface area contributed by atoms with Gasteiger partial charge in [0.05, 0.1) is 19.3 Å². The smallest absolute Gasteiger partial charge is 0.236 e. The van der Waals surface area contributed by atoms with E-state index in [-0.39, 0.29) is 44.9 Å². The van der Waals surface area contributed by atoms with Crippen molar-refractivity contribution >= 4 is 21.9 Å². The largest absolute Gasteiger partial charge is 0.493 e. The average Bonchev–Trinajstić information content (AvgIpc) is 2.61. The van der Waals surface area contributed by atoms with Gasteiger partial charge in [-0.05, 0) is 36.3 Å². The van der Waals surface area contributed by atoms with Crippen LogP contribution in [0.3, 0.4) is 0 Å². The molecule has 144 valence electrons. The number of ketones is 1. The van der Waals surface area contributed by atoms with Gasteiger partial charge in [-0.1, -0.05) is 6.07 Å². The Morgan fingerprint density at radius 3 is 2.62 bits per heavy atom. The predicted octanol–water partition coefficient (Wildman–Crippen LogP) is 1.08. The SMILES string of the molecule is Cc1cc(OCCC(O)CO)ccc1/C=C/S(=O)(=O)N1CCC(=O)CC1. The summed E-state index contributed by atoms with van der Waals surface area (Å²) in [6.07, 6.45) is 1.61. The van der Waals surface area contributed by atoms with Crippen molar-refractivity contribution in [2.24, 2.45) is 0 Å². The predicted molar refractivity (Wildman–Crippen MR) is 98.2 cm³/mol. The van der Waals surface area contributed by atoms with Crippen LogP contribution in [0.15, 0.2) is 23.6 Å². The Bertz CT molecular complexity index is 749. The van der Waals surface area contributed by atoms with E-state index in [1.807, 2.05) is 6.92 Å². The van der Waals surface area contributed by atoms with Crippen LogP contribution in [0.5, 0.6) is 5.75 Å². The van der Waals surface area contributed by atoms with Crippen molar-refractivity contribution in [2.45, 2.75) is 32.3 Å². The molecule has 1 fully saturated rings. The molecule has 1 aliphatic rings. The first-order valence-electron chi connectivity index (χ1n) is 8.54. The first-order valence-corrected chi connectivity index (χ1v) is 10.0. The maximum atomic E-state index is 12.3. The number of benzene rings is 1. The molecule has 1 unspecified atom stereocenters. The normalized spacial score (nSPS) is 17.6. The number of sulfonamides is 1. The molecule has 1 aromatic rings. The summed E-state index contributed by atoms with van der Waals surface area (Å²) in [5.41, 5.74) is 1.61. The third-order valence-electron chi connectivity index (χ3n) is 4.23. The average molecular weight is 383 g/mol. The fourth-order valence-electron chi connectivity index (χ4n) is 2.56. The molecule has 2 N–H and O–H groups in total. The fraction of sp³-hybridized carbons (Fsp3) is 0.500. The number of hydrogen-bond donors (Lipinski definition) is 2. The molecule has 1 saturated heterocycles. The molecule has 1 atom stereocenters. The molecule has 0 radical (unpaired) electrons. The molecule has 0 spiro atoms. The van der Waals surface area contributed by atoms with Gasteiger partial charge in [0.1, 0.15) is 11.5 Å². The Morgan fingerprint density at radius 2 is 2.00 bits per heavy atom. The molecule has 8 heteroatoms. The number of Topliss-reactive ketones (excluding diaryl/α,β-unsaturated/α-hetero) is 1. The molecule has 26 heavy (non-hydrogen) atoms. The lowest BCUT2D eigenvalue weighted by molar-refractivity contribution is -0.120. The first kappa shape index (κ1) is 20.6. The number of piperidine rings is 1. The molecule has 1 heterocycles. The van der Waals surface area contributed by atoms with Gasteiger partial charge in [0, 0.05) is 37.8 Å². The molecule has 0 saturated carbocycles. The Hall–Kier alpha value is -1.74. The number of aliphatic hydroxyl groups is 2. The van der Waals surface area contributed by atoms with Crippen LogP contribution in [-0.2, 0) is 14.8 Å². The highest BCUT2D eigenvalue weighted by molar-refractivity contribution is 7.92. The number of aliphatic hydroxyl groups excluding tert-OH is 2. The van der Waals surface area contributed by atoms with Gasteiger partial charge in [0.25, 0.3) is 0 Å². The topological polar surface area (TPSA) is 104 Å². The minimum atomic E-state index is -3.54. The third-order valence-corrected chi connectivity index (χ3v) is 5.80. The lowest BCUT2D eigenvalue weighted by Crippen LogP contribution is -2.37. The Labute approximate surface area is 153 Å². The van der Waals surface area contributed by atoms with E-state index in [0.29, 0.717) is 12.2 Å². The fourth-order valence-corrected chi connectivity index (χ4v) is 3.75. The van der Waals surface area contributed by atoms with E-state index in [2.05, 4.69) is 0 Å². The summed E-state index contributed by atoms with van der Waals surface area (Å²) in [6, 6.07) is 5.28. The van der Waals surface area contributed by atoms with E-state index >= 15 is 0 Å². The molecular formula is C18H25NO6S. The van der Waals surface area contributed by atoms with Crippen LogP contribution in [0.2, 0.25) is 0 Å². The molecule has 0 aliphatic carbocycles. The Kier molecular flexibility index (Phi) is 7.33. The summed E-state index contributed by atoms with van der Waals surface area (Å²) < 4.78 is 31.5. The van der Waals surface area contributed by atoms with Gasteiger partial charge in [0.2, 0.25) is 10.0 Å². The Morgan fingerprint density at radius 1 is 1.31 bits per heavy atom. The van der Waals surface area contributed by atoms with E-state index in [1.165, 1.54) is 9.71 Å². The number of rotatable bonds is 8. The minimum absolute atomic E-state index is 0.0957. The summed E-state index contributed by atoms with van der Waals surface area (Å²) in [7, 11) is -3.54. The van der Waals surface area contributed by atoms with Crippen LogP contribution in [0.1, 0.15) is 30.4 Å². The zero-order chi connectivity index (χ0) is 19.2. The van der Waals surface area contributed by atoms with Crippen LogP contribution in [0.25, 0.3) is 6.08 Å². The zero-order valence-electron chi connectivity index (χ0n) is 14.8. The summed E-state index contributed by atoms with van der Waals surface area (Å²) in [6.45, 7) is 2.29. The van der Waals surface area contributed by atoms with Gasteiger partial charge < -0.3 is 14.9 Å². The van der Waals surface area contributed by atoms with E-state index in [4.69, 9.17) is 9.84 Å². The molecule has 2 rings (SSSR count). The van der Waals surface area contributed by atoms with Gasteiger partial charge in [-0.2, -0.15) is 4.31 Å². The van der Waals surface area contributed by atoms with Crippen molar-refractivity contribution in [3.8, 4) is 5.75 Å². The first-order chi connectivity index (χ1) is 12.3. The number of carbonyl (C=O) groups is 1. The van der Waals surface area contributed by atoms with Crippen LogP contribution in [-0.4, -0.2) is 61.1 Å². The van der Waals surface area contributed by atoms with E-state index in [9.17, 15) is 18.3 Å². The van der Waals surface area contributed by atoms with E-state index in [0.717, 1.165) is 11.1 Å². The van der Waals surface area contributed by atoms with Crippen molar-refractivity contribution in [1.29, 1.82) is 0 Å². The zero-order valence-corrected chi connectivity index (χ0v) is 15.6. The van der Waals surface area contributed by atoms with Gasteiger partial charge in [0.15, 0.2) is 0 Å². The van der Waals surface area contributed by atoms with Crippen molar-refractivity contribution in [3.05, 3.63) is 34.7 Å². The molecule has 1 aromatic carbocycles. The quantitative estimate of drug-likeness (QED) is 0.696. The molecule has 7 nitrogen and oxygen atoms in total. The summed E-state index contributed by atoms with van der Waals surface area (Å²) in [5.74, 6) is 0.709. The number of carbonyl (C=O) groups excluding carboxylic acids is 1. The van der Waals surface area contributed by atoms with Crippen molar-refractivity contribution in [2.75, 3.05) is 26.3 Å². The second-order valence-electron chi connectivity index (χ2n) is 6.28. The van der Waals surface area contributed by atoms with Gasteiger partial charge in [-0.3, -0.25) is 4.79 Å². The number of ether oxygens (including phenoxy) is 1. The molecule has 0 bridgehead atoms. The number of hydrogen-bond acceptors (Lipinski definition) is 6. The highest BCUT2D eigenvalue weighted by atomic mass is 32.2. The highest BCUT2D eigenvalue weighted by Crippen LogP contribution is 2.20.